The number of benzene rings is 1. The lowest BCUT2D eigenvalue weighted by Crippen LogP contribution is -2.40. The Morgan fingerprint density at radius 2 is 1.70 bits per heavy atom. The van der Waals surface area contributed by atoms with E-state index in [-0.39, 0.29) is 12.3 Å². The van der Waals surface area contributed by atoms with Crippen LogP contribution in [-0.2, 0) is 14.8 Å². The van der Waals surface area contributed by atoms with Crippen LogP contribution in [0.1, 0.15) is 51.9 Å². The maximum absolute atomic E-state index is 12.5. The molecular weight excluding hydrogens is 366 g/mol. The number of hydrogen-bond acceptors (Lipinski definition) is 5. The Morgan fingerprint density at radius 1 is 1.11 bits per heavy atom. The minimum atomic E-state index is -3.60. The van der Waals surface area contributed by atoms with Crippen LogP contribution in [0.2, 0.25) is 0 Å². The molecule has 1 aliphatic rings. The van der Waals surface area contributed by atoms with Gasteiger partial charge < -0.3 is 4.74 Å². The first kappa shape index (κ1) is 21.2. The lowest BCUT2D eigenvalue weighted by Gasteiger charge is -2.23. The fraction of sp³-hybridized carbons (Fsp3) is 0.579. The highest BCUT2D eigenvalue weighted by molar-refractivity contribution is 7.92. The molecule has 1 amide bonds. The van der Waals surface area contributed by atoms with Crippen LogP contribution in [0.15, 0.2) is 29.4 Å². The predicted octanol–water partition coefficient (Wildman–Crippen LogP) is 3.07. The normalized spacial score (nSPS) is 15.4. The number of hydrogen-bond donors (Lipinski definition) is 1. The molecule has 1 aliphatic carbocycles. The Bertz CT molecular complexity index is 735. The van der Waals surface area contributed by atoms with Gasteiger partial charge in [0, 0.05) is 5.71 Å². The third-order valence-corrected chi connectivity index (χ3v) is 6.36. The molecule has 0 heterocycles. The summed E-state index contributed by atoms with van der Waals surface area (Å²) in [5.41, 5.74) is 3.94. The Balaban J connectivity index is 2.08. The molecular formula is C19H29N3O4S. The lowest BCUT2D eigenvalue weighted by atomic mass is 9.99. The number of hydrazone groups is 1. The van der Waals surface area contributed by atoms with Crippen molar-refractivity contribution >= 4 is 27.3 Å². The zero-order valence-electron chi connectivity index (χ0n) is 16.1. The molecule has 2 rings (SSSR count). The minimum absolute atomic E-state index is 0.0964. The van der Waals surface area contributed by atoms with Crippen molar-refractivity contribution in [2.24, 2.45) is 5.10 Å². The van der Waals surface area contributed by atoms with Gasteiger partial charge in [0.15, 0.2) is 0 Å². The molecule has 0 saturated heterocycles. The summed E-state index contributed by atoms with van der Waals surface area (Å²) in [4.78, 5) is 12.4. The van der Waals surface area contributed by atoms with Gasteiger partial charge >= 0.3 is 0 Å². The van der Waals surface area contributed by atoms with E-state index in [2.05, 4.69) is 10.5 Å². The van der Waals surface area contributed by atoms with Crippen molar-refractivity contribution in [1.82, 2.24) is 5.43 Å². The van der Waals surface area contributed by atoms with Crippen LogP contribution in [0, 0.1) is 0 Å². The summed E-state index contributed by atoms with van der Waals surface area (Å²) < 4.78 is 31.1. The number of carbonyl (C=O) groups is 1. The van der Waals surface area contributed by atoms with Crippen molar-refractivity contribution in [3.05, 3.63) is 24.3 Å². The molecule has 0 unspecified atom stereocenters. The van der Waals surface area contributed by atoms with Crippen molar-refractivity contribution in [2.45, 2.75) is 51.9 Å². The SMILES string of the molecule is CCS(=O)(=O)N(CC(=O)NN=C1CCCCCCC1)c1ccc(OC)cc1. The standard InChI is InChI=1S/C19H29N3O4S/c1-3-27(24,25)22(17-11-13-18(26-2)14-12-17)15-19(23)21-20-16-9-7-5-4-6-8-10-16/h11-14H,3-10,15H2,1-2H3,(H,21,23). The number of nitrogens with zero attached hydrogens (tertiary/aromatic N) is 2. The highest BCUT2D eigenvalue weighted by Crippen LogP contribution is 2.22. The number of rotatable bonds is 7. The zero-order chi connectivity index (χ0) is 19.7. The van der Waals surface area contributed by atoms with Crippen LogP contribution in [0.5, 0.6) is 5.75 Å². The molecule has 0 atom stereocenters. The van der Waals surface area contributed by atoms with Crippen LogP contribution in [0.25, 0.3) is 0 Å². The maximum Gasteiger partial charge on any atom is 0.260 e. The molecule has 1 aromatic carbocycles. The molecule has 1 aromatic rings. The molecule has 0 radical (unpaired) electrons. The summed E-state index contributed by atoms with van der Waals surface area (Å²) in [6.45, 7) is 1.25. The van der Waals surface area contributed by atoms with Gasteiger partial charge in [0.1, 0.15) is 12.3 Å². The van der Waals surface area contributed by atoms with E-state index >= 15 is 0 Å². The highest BCUT2D eigenvalue weighted by Gasteiger charge is 2.23. The van der Waals surface area contributed by atoms with E-state index in [0.29, 0.717) is 11.4 Å². The Morgan fingerprint density at radius 3 is 2.26 bits per heavy atom. The quantitative estimate of drug-likeness (QED) is 0.719. The van der Waals surface area contributed by atoms with Crippen molar-refractivity contribution in [3.63, 3.8) is 0 Å². The number of nitrogens with one attached hydrogen (secondary N) is 1. The average Bonchev–Trinajstić information content (AvgIpc) is 2.65. The van der Waals surface area contributed by atoms with E-state index in [1.54, 1.807) is 31.2 Å². The lowest BCUT2D eigenvalue weighted by molar-refractivity contribution is -0.119. The first-order chi connectivity index (χ1) is 13.0. The first-order valence-corrected chi connectivity index (χ1v) is 11.1. The molecule has 7 nitrogen and oxygen atoms in total. The second-order valence-corrected chi connectivity index (χ2v) is 8.77. The van der Waals surface area contributed by atoms with Gasteiger partial charge in [-0.25, -0.2) is 13.8 Å². The first-order valence-electron chi connectivity index (χ1n) is 9.45. The molecule has 1 N–H and O–H groups in total. The fourth-order valence-electron chi connectivity index (χ4n) is 2.99. The van der Waals surface area contributed by atoms with Gasteiger partial charge in [-0.2, -0.15) is 5.10 Å². The van der Waals surface area contributed by atoms with E-state index < -0.39 is 15.9 Å². The summed E-state index contributed by atoms with van der Waals surface area (Å²) in [7, 11) is -2.06. The Labute approximate surface area is 161 Å². The van der Waals surface area contributed by atoms with Crippen molar-refractivity contribution in [2.75, 3.05) is 23.7 Å². The third-order valence-electron chi connectivity index (χ3n) is 4.62. The van der Waals surface area contributed by atoms with E-state index in [1.807, 2.05) is 0 Å². The van der Waals surface area contributed by atoms with Gasteiger partial charge in [-0.3, -0.25) is 9.10 Å². The van der Waals surface area contributed by atoms with Crippen molar-refractivity contribution in [3.8, 4) is 5.75 Å². The predicted molar refractivity (Wildman–Crippen MR) is 108 cm³/mol. The summed E-state index contributed by atoms with van der Waals surface area (Å²) in [5, 5.41) is 4.24. The summed E-state index contributed by atoms with van der Waals surface area (Å²) in [5.74, 6) is 0.0750. The van der Waals surface area contributed by atoms with E-state index in [4.69, 9.17) is 4.74 Å². The number of ether oxygens (including phenoxy) is 1. The molecule has 0 aromatic heterocycles. The molecule has 0 spiro atoms. The second kappa shape index (κ2) is 10.3. The topological polar surface area (TPSA) is 88.1 Å². The Kier molecular flexibility index (Phi) is 8.09. The molecule has 150 valence electrons. The van der Waals surface area contributed by atoms with Crippen LogP contribution >= 0.6 is 0 Å². The van der Waals surface area contributed by atoms with E-state index in [1.165, 1.54) is 26.4 Å². The maximum atomic E-state index is 12.5. The fourth-order valence-corrected chi connectivity index (χ4v) is 4.06. The van der Waals surface area contributed by atoms with Crippen molar-refractivity contribution < 1.29 is 17.9 Å². The number of sulfonamides is 1. The number of anilines is 1. The summed E-state index contributed by atoms with van der Waals surface area (Å²) in [6, 6.07) is 6.58. The molecule has 1 saturated carbocycles. The van der Waals surface area contributed by atoms with Gasteiger partial charge in [-0.15, -0.1) is 0 Å². The number of amides is 1. The molecule has 27 heavy (non-hydrogen) atoms. The summed E-state index contributed by atoms with van der Waals surface area (Å²) >= 11 is 0. The van der Waals surface area contributed by atoms with Crippen LogP contribution in [0.4, 0.5) is 5.69 Å². The van der Waals surface area contributed by atoms with Gasteiger partial charge in [0.2, 0.25) is 10.0 Å². The molecule has 0 bridgehead atoms. The van der Waals surface area contributed by atoms with Crippen LogP contribution in [-0.4, -0.2) is 39.4 Å². The van der Waals surface area contributed by atoms with E-state index in [9.17, 15) is 13.2 Å². The third kappa shape index (κ3) is 6.53. The zero-order valence-corrected chi connectivity index (χ0v) is 16.9. The average molecular weight is 396 g/mol. The smallest absolute Gasteiger partial charge is 0.260 e. The number of methoxy groups -OCH3 is 1. The minimum Gasteiger partial charge on any atom is -0.497 e. The van der Waals surface area contributed by atoms with Gasteiger partial charge in [-0.1, -0.05) is 19.3 Å². The molecule has 1 fully saturated rings. The van der Waals surface area contributed by atoms with Crippen LogP contribution < -0.4 is 14.5 Å². The van der Waals surface area contributed by atoms with Gasteiger partial charge in [0.05, 0.1) is 18.6 Å². The van der Waals surface area contributed by atoms with Gasteiger partial charge in [-0.05, 0) is 56.9 Å². The van der Waals surface area contributed by atoms with Crippen molar-refractivity contribution in [1.29, 1.82) is 0 Å². The summed E-state index contributed by atoms with van der Waals surface area (Å²) in [6.07, 6.45) is 7.56. The van der Waals surface area contributed by atoms with Crippen LogP contribution in [0.3, 0.4) is 0 Å². The largest absolute Gasteiger partial charge is 0.497 e. The monoisotopic (exact) mass is 395 g/mol. The number of carbonyl (C=O) groups excluding carboxylic acids is 1. The van der Waals surface area contributed by atoms with Gasteiger partial charge in [0.25, 0.3) is 5.91 Å². The molecule has 0 aliphatic heterocycles. The highest BCUT2D eigenvalue weighted by atomic mass is 32.2. The molecule has 8 heteroatoms. The van der Waals surface area contributed by atoms with E-state index in [0.717, 1.165) is 35.7 Å². The second-order valence-electron chi connectivity index (χ2n) is 6.59. The Hall–Kier alpha value is -2.09.